The molecule has 1 fully saturated rings. The third-order valence-corrected chi connectivity index (χ3v) is 8.90. The minimum atomic E-state index is -3.52. The molecule has 1 amide bonds. The van der Waals surface area contributed by atoms with Crippen LogP contribution in [0.3, 0.4) is 0 Å². The molecule has 190 valence electrons. The average Bonchev–Trinajstić information content (AvgIpc) is 2.90. The Hall–Kier alpha value is -2.42. The molecule has 8 heteroatoms. The molecule has 0 unspecified atom stereocenters. The first-order valence-corrected chi connectivity index (χ1v) is 14.1. The number of sulfonamides is 1. The van der Waals surface area contributed by atoms with Gasteiger partial charge < -0.3 is 10.1 Å². The molecule has 0 saturated carbocycles. The van der Waals surface area contributed by atoms with Gasteiger partial charge in [0.2, 0.25) is 15.9 Å². The van der Waals surface area contributed by atoms with Crippen LogP contribution < -0.4 is 10.1 Å². The lowest BCUT2D eigenvalue weighted by Crippen LogP contribution is -2.35. The number of amides is 1. The van der Waals surface area contributed by atoms with Crippen molar-refractivity contribution in [2.45, 2.75) is 56.4 Å². The standard InChI is InChI=1S/C27H37N3O4S/c1-34-26-12-11-25(35(32,33)30-17-5-2-6-18-30)20-23(26)10-13-27(31)28-15-7-16-29-19-14-22-8-3-4-9-24(22)21-29/h3-4,8-9,11-12,20H,2,5-7,10,13-19,21H2,1H3,(H,28,31). The number of methoxy groups -OCH3 is 1. The van der Waals surface area contributed by atoms with Gasteiger partial charge in [0.25, 0.3) is 0 Å². The van der Waals surface area contributed by atoms with Crippen molar-refractivity contribution < 1.29 is 17.9 Å². The van der Waals surface area contributed by atoms with Gasteiger partial charge in [0, 0.05) is 45.7 Å². The molecule has 0 atom stereocenters. The smallest absolute Gasteiger partial charge is 0.243 e. The van der Waals surface area contributed by atoms with Gasteiger partial charge in [-0.1, -0.05) is 30.7 Å². The van der Waals surface area contributed by atoms with E-state index in [4.69, 9.17) is 4.74 Å². The number of fused-ring (bicyclic) bond motifs is 1. The number of nitrogens with one attached hydrogen (secondary N) is 1. The Morgan fingerprint density at radius 1 is 1.03 bits per heavy atom. The van der Waals surface area contributed by atoms with Crippen LogP contribution in [0.4, 0.5) is 0 Å². The fourth-order valence-electron chi connectivity index (χ4n) is 4.98. The van der Waals surface area contributed by atoms with E-state index in [1.165, 1.54) is 11.1 Å². The lowest BCUT2D eigenvalue weighted by molar-refractivity contribution is -0.121. The Kier molecular flexibility index (Phi) is 8.81. The van der Waals surface area contributed by atoms with Crippen molar-refractivity contribution in [2.75, 3.05) is 39.8 Å². The first kappa shape index (κ1) is 25.7. The highest BCUT2D eigenvalue weighted by molar-refractivity contribution is 7.89. The summed E-state index contributed by atoms with van der Waals surface area (Å²) in [6.07, 6.45) is 5.57. The Balaban J connectivity index is 1.25. The van der Waals surface area contributed by atoms with Gasteiger partial charge in [-0.25, -0.2) is 8.42 Å². The molecule has 0 spiro atoms. The Morgan fingerprint density at radius 3 is 2.57 bits per heavy atom. The van der Waals surface area contributed by atoms with Gasteiger partial charge in [0.05, 0.1) is 12.0 Å². The van der Waals surface area contributed by atoms with E-state index in [2.05, 4.69) is 34.5 Å². The zero-order valence-corrected chi connectivity index (χ0v) is 21.5. The fraction of sp³-hybridized carbons (Fsp3) is 0.519. The molecule has 2 heterocycles. The van der Waals surface area contributed by atoms with Crippen molar-refractivity contribution in [1.82, 2.24) is 14.5 Å². The number of nitrogens with zero attached hydrogens (tertiary/aromatic N) is 2. The van der Waals surface area contributed by atoms with Crippen LogP contribution in [0.15, 0.2) is 47.4 Å². The number of aryl methyl sites for hydroxylation is 1. The van der Waals surface area contributed by atoms with Crippen LogP contribution in [0.5, 0.6) is 5.75 Å². The number of benzene rings is 2. The van der Waals surface area contributed by atoms with Crippen molar-refractivity contribution in [1.29, 1.82) is 0 Å². The highest BCUT2D eigenvalue weighted by atomic mass is 32.2. The summed E-state index contributed by atoms with van der Waals surface area (Å²) in [7, 11) is -1.96. The molecule has 2 aliphatic heterocycles. The molecule has 0 bridgehead atoms. The summed E-state index contributed by atoms with van der Waals surface area (Å²) >= 11 is 0. The van der Waals surface area contributed by atoms with Gasteiger partial charge >= 0.3 is 0 Å². The molecular weight excluding hydrogens is 462 g/mol. The van der Waals surface area contributed by atoms with Gasteiger partial charge in [-0.2, -0.15) is 4.31 Å². The maximum absolute atomic E-state index is 13.1. The normalized spacial score (nSPS) is 17.1. The van der Waals surface area contributed by atoms with E-state index >= 15 is 0 Å². The van der Waals surface area contributed by atoms with Gasteiger partial charge in [-0.05, 0) is 67.0 Å². The molecule has 2 aromatic carbocycles. The number of piperidine rings is 1. The largest absolute Gasteiger partial charge is 0.496 e. The van der Waals surface area contributed by atoms with Crippen LogP contribution in [0.1, 0.15) is 48.8 Å². The minimum absolute atomic E-state index is 0.0275. The van der Waals surface area contributed by atoms with Gasteiger partial charge in [0.15, 0.2) is 0 Å². The molecule has 0 aromatic heterocycles. The number of ether oxygens (including phenoxy) is 1. The summed E-state index contributed by atoms with van der Waals surface area (Å²) in [5.74, 6) is 0.584. The quantitative estimate of drug-likeness (QED) is 0.507. The molecule has 0 radical (unpaired) electrons. The summed E-state index contributed by atoms with van der Waals surface area (Å²) in [4.78, 5) is 15.2. The third kappa shape index (κ3) is 6.63. The monoisotopic (exact) mass is 499 g/mol. The summed E-state index contributed by atoms with van der Waals surface area (Å²) in [6, 6.07) is 13.6. The lowest BCUT2D eigenvalue weighted by Gasteiger charge is -2.28. The first-order valence-electron chi connectivity index (χ1n) is 12.7. The zero-order chi connectivity index (χ0) is 24.7. The van der Waals surface area contributed by atoms with E-state index in [9.17, 15) is 13.2 Å². The topological polar surface area (TPSA) is 79.0 Å². The molecule has 7 nitrogen and oxygen atoms in total. The Bertz CT molecular complexity index is 1110. The fourth-order valence-corrected chi connectivity index (χ4v) is 6.55. The van der Waals surface area contributed by atoms with E-state index in [1.807, 2.05) is 0 Å². The number of carbonyl (C=O) groups excluding carboxylic acids is 1. The van der Waals surface area contributed by atoms with Crippen LogP contribution in [-0.4, -0.2) is 63.4 Å². The second-order valence-corrected chi connectivity index (χ2v) is 11.4. The van der Waals surface area contributed by atoms with E-state index in [-0.39, 0.29) is 10.8 Å². The predicted octanol–water partition coefficient (Wildman–Crippen LogP) is 3.37. The predicted molar refractivity (Wildman–Crippen MR) is 137 cm³/mol. The number of hydrogen-bond acceptors (Lipinski definition) is 5. The van der Waals surface area contributed by atoms with Crippen LogP contribution in [0.2, 0.25) is 0 Å². The summed E-state index contributed by atoms with van der Waals surface area (Å²) in [5.41, 5.74) is 3.59. The van der Waals surface area contributed by atoms with Crippen molar-refractivity contribution in [3.05, 3.63) is 59.2 Å². The molecule has 0 aliphatic carbocycles. The Morgan fingerprint density at radius 2 is 1.80 bits per heavy atom. The Labute approximate surface area is 209 Å². The van der Waals surface area contributed by atoms with Crippen molar-refractivity contribution in [2.24, 2.45) is 0 Å². The van der Waals surface area contributed by atoms with Crippen molar-refractivity contribution in [3.8, 4) is 5.75 Å². The van der Waals surface area contributed by atoms with Crippen LogP contribution >= 0.6 is 0 Å². The van der Waals surface area contributed by atoms with E-state index in [0.29, 0.717) is 38.2 Å². The van der Waals surface area contributed by atoms with Gasteiger partial charge in [-0.15, -0.1) is 0 Å². The van der Waals surface area contributed by atoms with Crippen molar-refractivity contribution >= 4 is 15.9 Å². The summed E-state index contributed by atoms with van der Waals surface area (Å²) in [5, 5.41) is 3.01. The number of rotatable bonds is 10. The van der Waals surface area contributed by atoms with Gasteiger partial charge in [-0.3, -0.25) is 9.69 Å². The summed E-state index contributed by atoms with van der Waals surface area (Å²) < 4.78 is 33.1. The molecule has 2 aliphatic rings. The zero-order valence-electron chi connectivity index (χ0n) is 20.7. The summed E-state index contributed by atoms with van der Waals surface area (Å²) in [6.45, 7) is 4.75. The van der Waals surface area contributed by atoms with Crippen LogP contribution in [0, 0.1) is 0 Å². The minimum Gasteiger partial charge on any atom is -0.496 e. The molecule has 1 N–H and O–H groups in total. The van der Waals surface area contributed by atoms with Crippen LogP contribution in [0.25, 0.3) is 0 Å². The van der Waals surface area contributed by atoms with E-state index in [1.54, 1.807) is 29.6 Å². The molecule has 35 heavy (non-hydrogen) atoms. The third-order valence-electron chi connectivity index (χ3n) is 7.01. The van der Waals surface area contributed by atoms with Crippen LogP contribution in [-0.2, 0) is 34.2 Å². The van der Waals surface area contributed by atoms with Gasteiger partial charge in [0.1, 0.15) is 5.75 Å². The second kappa shape index (κ2) is 12.0. The molecule has 2 aromatic rings. The maximum atomic E-state index is 13.1. The highest BCUT2D eigenvalue weighted by Crippen LogP contribution is 2.27. The van der Waals surface area contributed by atoms with Crippen molar-refractivity contribution in [3.63, 3.8) is 0 Å². The molecular formula is C27H37N3O4S. The highest BCUT2D eigenvalue weighted by Gasteiger charge is 2.26. The number of hydrogen-bond donors (Lipinski definition) is 1. The molecule has 4 rings (SSSR count). The maximum Gasteiger partial charge on any atom is 0.243 e. The van der Waals surface area contributed by atoms with E-state index < -0.39 is 10.0 Å². The second-order valence-electron chi connectivity index (χ2n) is 9.44. The first-order chi connectivity index (χ1) is 17.0. The van der Waals surface area contributed by atoms with E-state index in [0.717, 1.165) is 57.3 Å². The lowest BCUT2D eigenvalue weighted by atomic mass is 10.00. The SMILES string of the molecule is COc1ccc(S(=O)(=O)N2CCCCC2)cc1CCC(=O)NCCCN1CCc2ccccc2C1. The molecule has 1 saturated heterocycles. The number of carbonyl (C=O) groups is 1. The average molecular weight is 500 g/mol.